The van der Waals surface area contributed by atoms with Gasteiger partial charge in [-0.15, -0.1) is 0 Å². The number of carbonyl (C=O) groups excluding carboxylic acids is 2. The van der Waals surface area contributed by atoms with E-state index in [1.54, 1.807) is 20.8 Å². The smallest absolute Gasteiger partial charge is 0.417 e. The number of ether oxygens (including phenoxy) is 1. The van der Waals surface area contributed by atoms with Gasteiger partial charge in [0.1, 0.15) is 17.4 Å². The minimum Gasteiger partial charge on any atom is -0.619 e. The molecular weight excluding hydrogens is 549 g/mol. The van der Waals surface area contributed by atoms with Gasteiger partial charge >= 0.3 is 12.2 Å². The third kappa shape index (κ3) is 5.27. The highest BCUT2D eigenvalue weighted by Crippen LogP contribution is 2.39. The van der Waals surface area contributed by atoms with E-state index in [4.69, 9.17) is 16.3 Å². The van der Waals surface area contributed by atoms with Gasteiger partial charge in [-0.1, -0.05) is 17.7 Å². The lowest BCUT2D eigenvalue weighted by molar-refractivity contribution is -0.605. The lowest BCUT2D eigenvalue weighted by Crippen LogP contribution is -2.44. The zero-order valence-electron chi connectivity index (χ0n) is 21.8. The molecule has 2 aromatic carbocycles. The molecule has 3 amide bonds. The van der Waals surface area contributed by atoms with Crippen LogP contribution in [0.5, 0.6) is 5.75 Å². The number of halogens is 4. The van der Waals surface area contributed by atoms with Crippen molar-refractivity contribution in [2.24, 2.45) is 0 Å². The van der Waals surface area contributed by atoms with Crippen LogP contribution in [0.2, 0.25) is 5.02 Å². The Morgan fingerprint density at radius 2 is 1.80 bits per heavy atom. The van der Waals surface area contributed by atoms with Crippen LogP contribution in [-0.2, 0) is 11.0 Å². The number of carbonyl (C=O) groups is 2. The van der Waals surface area contributed by atoms with Gasteiger partial charge in [-0.25, -0.2) is 9.69 Å². The van der Waals surface area contributed by atoms with Crippen LogP contribution in [0.25, 0.3) is 11.1 Å². The van der Waals surface area contributed by atoms with Gasteiger partial charge in [0.05, 0.1) is 28.4 Å². The topological polar surface area (TPSA) is 101 Å². The Morgan fingerprint density at radius 3 is 2.42 bits per heavy atom. The zero-order valence-corrected chi connectivity index (χ0v) is 22.5. The second kappa shape index (κ2) is 10.7. The number of urea groups is 1. The number of hydrogen-bond donors (Lipinski definition) is 0. The maximum atomic E-state index is 13.8. The SMILES string of the molecule is Cc1c(N2C(=O)N(CCCOc3ccc(-c4cc[n+]([O-])cc4)c(C(F)(F)F)c3)C(C)(C)C2=O)ccc(C#N)c1Cl. The highest BCUT2D eigenvalue weighted by atomic mass is 35.5. The third-order valence-corrected chi connectivity index (χ3v) is 7.23. The summed E-state index contributed by atoms with van der Waals surface area (Å²) in [5, 5.41) is 20.6. The van der Waals surface area contributed by atoms with Crippen LogP contribution >= 0.6 is 11.6 Å². The van der Waals surface area contributed by atoms with Crippen molar-refractivity contribution >= 4 is 29.2 Å². The van der Waals surface area contributed by atoms with Gasteiger partial charge in [-0.3, -0.25) is 4.79 Å². The van der Waals surface area contributed by atoms with Crippen molar-refractivity contribution in [3.63, 3.8) is 0 Å². The highest BCUT2D eigenvalue weighted by molar-refractivity contribution is 6.33. The number of imide groups is 1. The molecule has 1 aliphatic heterocycles. The molecule has 1 saturated heterocycles. The van der Waals surface area contributed by atoms with Crippen molar-refractivity contribution in [3.8, 4) is 22.9 Å². The molecule has 0 radical (unpaired) electrons. The summed E-state index contributed by atoms with van der Waals surface area (Å²) in [4.78, 5) is 28.9. The molecule has 4 rings (SSSR count). The van der Waals surface area contributed by atoms with Crippen molar-refractivity contribution in [2.75, 3.05) is 18.1 Å². The zero-order chi connectivity index (χ0) is 29.4. The number of amides is 3. The number of anilines is 1. The summed E-state index contributed by atoms with van der Waals surface area (Å²) in [5.41, 5.74) is -1.08. The molecule has 40 heavy (non-hydrogen) atoms. The number of benzene rings is 2. The van der Waals surface area contributed by atoms with Crippen LogP contribution in [-0.4, -0.2) is 35.5 Å². The van der Waals surface area contributed by atoms with Crippen LogP contribution in [0.3, 0.4) is 0 Å². The van der Waals surface area contributed by atoms with Gasteiger partial charge in [-0.05, 0) is 68.1 Å². The van der Waals surface area contributed by atoms with E-state index in [9.17, 15) is 33.2 Å². The van der Waals surface area contributed by atoms with E-state index in [-0.39, 0.29) is 52.7 Å². The van der Waals surface area contributed by atoms with E-state index in [2.05, 4.69) is 0 Å². The first-order valence-electron chi connectivity index (χ1n) is 12.2. The second-order valence-electron chi connectivity index (χ2n) is 9.67. The summed E-state index contributed by atoms with van der Waals surface area (Å²) in [5.74, 6) is -0.491. The average Bonchev–Trinajstić information content (AvgIpc) is 3.07. The largest absolute Gasteiger partial charge is 0.619 e. The molecule has 0 atom stereocenters. The van der Waals surface area contributed by atoms with Crippen molar-refractivity contribution in [2.45, 2.75) is 38.9 Å². The van der Waals surface area contributed by atoms with Gasteiger partial charge < -0.3 is 14.8 Å². The van der Waals surface area contributed by atoms with E-state index in [0.717, 1.165) is 23.4 Å². The molecule has 0 unspecified atom stereocenters. The number of pyridine rings is 1. The van der Waals surface area contributed by atoms with Crippen LogP contribution in [0, 0.1) is 23.5 Å². The Morgan fingerprint density at radius 1 is 1.12 bits per heavy atom. The van der Waals surface area contributed by atoms with Crippen molar-refractivity contribution in [3.05, 3.63) is 81.8 Å². The van der Waals surface area contributed by atoms with E-state index >= 15 is 0 Å². The summed E-state index contributed by atoms with van der Waals surface area (Å²) >= 11 is 6.24. The summed E-state index contributed by atoms with van der Waals surface area (Å²) in [7, 11) is 0. The maximum Gasteiger partial charge on any atom is 0.417 e. The van der Waals surface area contributed by atoms with Gasteiger partial charge in [0.2, 0.25) is 0 Å². The standard InChI is InChI=1S/C28H24ClF3N4O4/c1-17-23(8-5-19(16-33)24(17)29)36-25(37)27(2,3)35(26(36)38)11-4-14-40-20-6-7-21(22(15-20)28(30,31)32)18-9-12-34(39)13-10-18/h5-10,12-13,15H,4,11,14H2,1-3H3. The summed E-state index contributed by atoms with van der Waals surface area (Å²) in [6.07, 6.45) is -2.21. The first-order valence-corrected chi connectivity index (χ1v) is 12.5. The molecule has 0 N–H and O–H groups in total. The van der Waals surface area contributed by atoms with Gasteiger partial charge in [0.25, 0.3) is 5.91 Å². The summed E-state index contributed by atoms with van der Waals surface area (Å²) < 4.78 is 47.4. The van der Waals surface area contributed by atoms with Gasteiger partial charge in [-0.2, -0.15) is 23.2 Å². The third-order valence-electron chi connectivity index (χ3n) is 6.75. The molecular formula is C28H24ClF3N4O4. The molecule has 1 aromatic heterocycles. The fourth-order valence-electron chi connectivity index (χ4n) is 4.53. The molecule has 208 valence electrons. The Kier molecular flexibility index (Phi) is 7.67. The van der Waals surface area contributed by atoms with Crippen molar-refractivity contribution in [1.29, 1.82) is 5.26 Å². The lowest BCUT2D eigenvalue weighted by atomic mass is 10.00. The minimum absolute atomic E-state index is 0.0153. The maximum absolute atomic E-state index is 13.8. The van der Waals surface area contributed by atoms with Crippen LogP contribution in [0.1, 0.15) is 37.0 Å². The molecule has 0 bridgehead atoms. The van der Waals surface area contributed by atoms with Crippen LogP contribution < -0.4 is 14.4 Å². The predicted octanol–water partition coefficient (Wildman–Crippen LogP) is 5.86. The number of rotatable bonds is 7. The van der Waals surface area contributed by atoms with Crippen LogP contribution in [0.4, 0.5) is 23.7 Å². The molecule has 12 heteroatoms. The quantitative estimate of drug-likeness (QED) is 0.153. The monoisotopic (exact) mass is 572 g/mol. The number of hydrogen-bond acceptors (Lipinski definition) is 5. The number of nitrogens with zero attached hydrogens (tertiary/aromatic N) is 4. The minimum atomic E-state index is -4.67. The van der Waals surface area contributed by atoms with Gasteiger partial charge in [0, 0.05) is 18.7 Å². The predicted molar refractivity (Wildman–Crippen MR) is 141 cm³/mol. The normalized spacial score (nSPS) is 14.9. The Hall–Kier alpha value is -4.30. The molecule has 0 aliphatic carbocycles. The Bertz CT molecular complexity index is 1520. The fourth-order valence-corrected chi connectivity index (χ4v) is 4.73. The molecule has 0 spiro atoms. The summed E-state index contributed by atoms with van der Waals surface area (Å²) in [6.45, 7) is 4.89. The molecule has 0 saturated carbocycles. The molecule has 1 fully saturated rings. The van der Waals surface area contributed by atoms with E-state index in [0.29, 0.717) is 10.3 Å². The lowest BCUT2D eigenvalue weighted by Gasteiger charge is -2.27. The van der Waals surface area contributed by atoms with Crippen LogP contribution in [0.15, 0.2) is 54.9 Å². The van der Waals surface area contributed by atoms with Crippen molar-refractivity contribution < 1.29 is 32.2 Å². The summed E-state index contributed by atoms with van der Waals surface area (Å²) in [6, 6.07) is 10.5. The molecule has 8 nitrogen and oxygen atoms in total. The Labute approximate surface area is 233 Å². The average molecular weight is 573 g/mol. The second-order valence-corrected chi connectivity index (χ2v) is 10.0. The fraction of sp³-hybridized carbons (Fsp3) is 0.286. The van der Waals surface area contributed by atoms with Gasteiger partial charge in [0.15, 0.2) is 12.4 Å². The highest BCUT2D eigenvalue weighted by Gasteiger charge is 2.52. The molecule has 1 aliphatic rings. The number of aromatic nitrogens is 1. The molecule has 2 heterocycles. The van der Waals surface area contributed by atoms with E-state index in [1.807, 2.05) is 6.07 Å². The Balaban J connectivity index is 1.47. The van der Waals surface area contributed by atoms with E-state index in [1.165, 1.54) is 41.3 Å². The van der Waals surface area contributed by atoms with Crippen molar-refractivity contribution in [1.82, 2.24) is 4.90 Å². The van der Waals surface area contributed by atoms with E-state index < -0.39 is 29.2 Å². The molecule has 3 aromatic rings. The number of nitriles is 1. The first kappa shape index (κ1) is 28.7. The first-order chi connectivity index (χ1) is 18.8. The number of alkyl halides is 3.